The number of ether oxygens (including phenoxy) is 1. The highest BCUT2D eigenvalue weighted by Gasteiger charge is 2.10. The van der Waals surface area contributed by atoms with Crippen molar-refractivity contribution in [3.05, 3.63) is 63.9 Å². The highest BCUT2D eigenvalue weighted by Crippen LogP contribution is 2.28. The zero-order valence-electron chi connectivity index (χ0n) is 11.4. The van der Waals surface area contributed by atoms with Crippen LogP contribution in [0.15, 0.2) is 36.4 Å². The van der Waals surface area contributed by atoms with Crippen LogP contribution in [-0.4, -0.2) is 5.11 Å². The normalized spacial score (nSPS) is 12.2. The molecule has 4 heteroatoms. The quantitative estimate of drug-likeness (QED) is 0.904. The van der Waals surface area contributed by atoms with Gasteiger partial charge in [-0.2, -0.15) is 0 Å². The van der Waals surface area contributed by atoms with E-state index in [0.717, 1.165) is 11.1 Å². The lowest BCUT2D eigenvalue weighted by Gasteiger charge is -2.15. The van der Waals surface area contributed by atoms with Crippen LogP contribution in [0.5, 0.6) is 5.75 Å². The number of halogens is 2. The minimum Gasteiger partial charge on any atom is -0.488 e. The monoisotopic (exact) mass is 294 g/mol. The molecule has 0 heterocycles. The molecule has 1 unspecified atom stereocenters. The summed E-state index contributed by atoms with van der Waals surface area (Å²) in [5.74, 6) is 0.227. The molecular weight excluding hydrogens is 279 g/mol. The zero-order chi connectivity index (χ0) is 14.7. The van der Waals surface area contributed by atoms with Crippen LogP contribution in [0.4, 0.5) is 4.39 Å². The summed E-state index contributed by atoms with van der Waals surface area (Å²) in [6, 6.07) is 9.79. The predicted molar refractivity (Wildman–Crippen MR) is 77.6 cm³/mol. The average molecular weight is 295 g/mol. The Bertz CT molecular complexity index is 611. The summed E-state index contributed by atoms with van der Waals surface area (Å²) in [5.41, 5.74) is 2.47. The minimum atomic E-state index is -0.617. The topological polar surface area (TPSA) is 29.5 Å². The molecule has 0 aliphatic heterocycles. The molecular formula is C16H16ClFO2. The van der Waals surface area contributed by atoms with Crippen LogP contribution < -0.4 is 4.74 Å². The largest absolute Gasteiger partial charge is 0.488 e. The molecule has 2 nitrogen and oxygen atoms in total. The summed E-state index contributed by atoms with van der Waals surface area (Å²) >= 11 is 5.95. The van der Waals surface area contributed by atoms with Gasteiger partial charge in [0.15, 0.2) is 0 Å². The van der Waals surface area contributed by atoms with Gasteiger partial charge in [-0.25, -0.2) is 4.39 Å². The number of hydrogen-bond acceptors (Lipinski definition) is 2. The van der Waals surface area contributed by atoms with Crippen molar-refractivity contribution in [2.75, 3.05) is 0 Å². The van der Waals surface area contributed by atoms with E-state index in [1.54, 1.807) is 13.0 Å². The van der Waals surface area contributed by atoms with Crippen LogP contribution >= 0.6 is 11.6 Å². The summed E-state index contributed by atoms with van der Waals surface area (Å²) in [6.07, 6.45) is -0.617. The SMILES string of the molecule is Cc1ccc(OCc2ccc(F)cc2Cl)c(C(C)O)c1. The Hall–Kier alpha value is -1.58. The Kier molecular flexibility index (Phi) is 4.63. The molecule has 2 aromatic rings. The van der Waals surface area contributed by atoms with Gasteiger partial charge in [0.25, 0.3) is 0 Å². The first kappa shape index (κ1) is 14.8. The first-order valence-corrected chi connectivity index (χ1v) is 6.70. The van der Waals surface area contributed by atoms with Crippen molar-refractivity contribution in [3.63, 3.8) is 0 Å². The molecule has 0 spiro atoms. The number of aryl methyl sites for hydroxylation is 1. The fourth-order valence-electron chi connectivity index (χ4n) is 1.92. The standard InChI is InChI=1S/C16H16ClFO2/c1-10-3-6-16(14(7-10)11(2)19)20-9-12-4-5-13(18)8-15(12)17/h3-8,11,19H,9H2,1-2H3. The first-order valence-electron chi connectivity index (χ1n) is 6.32. The maximum Gasteiger partial charge on any atom is 0.125 e. The third-order valence-corrected chi connectivity index (χ3v) is 3.37. The van der Waals surface area contributed by atoms with E-state index in [2.05, 4.69) is 0 Å². The van der Waals surface area contributed by atoms with E-state index in [-0.39, 0.29) is 12.4 Å². The van der Waals surface area contributed by atoms with Crippen LogP contribution in [0.1, 0.15) is 29.7 Å². The lowest BCUT2D eigenvalue weighted by Crippen LogP contribution is -2.02. The molecule has 0 aliphatic rings. The molecule has 20 heavy (non-hydrogen) atoms. The number of rotatable bonds is 4. The van der Waals surface area contributed by atoms with Crippen LogP contribution in [0.2, 0.25) is 5.02 Å². The zero-order valence-corrected chi connectivity index (χ0v) is 12.1. The van der Waals surface area contributed by atoms with Gasteiger partial charge in [0.05, 0.1) is 11.1 Å². The van der Waals surface area contributed by atoms with Gasteiger partial charge in [-0.1, -0.05) is 29.3 Å². The van der Waals surface area contributed by atoms with Gasteiger partial charge in [-0.05, 0) is 38.1 Å². The number of benzene rings is 2. The van der Waals surface area contributed by atoms with E-state index in [1.807, 2.05) is 25.1 Å². The lowest BCUT2D eigenvalue weighted by molar-refractivity contribution is 0.190. The molecule has 0 saturated carbocycles. The number of aliphatic hydroxyl groups excluding tert-OH is 1. The molecule has 0 amide bonds. The van der Waals surface area contributed by atoms with Crippen molar-refractivity contribution in [3.8, 4) is 5.75 Å². The van der Waals surface area contributed by atoms with E-state index in [4.69, 9.17) is 16.3 Å². The van der Waals surface area contributed by atoms with Gasteiger partial charge in [-0.15, -0.1) is 0 Å². The second-order valence-electron chi connectivity index (χ2n) is 4.74. The van der Waals surface area contributed by atoms with Gasteiger partial charge in [-0.3, -0.25) is 0 Å². The summed E-state index contributed by atoms with van der Waals surface area (Å²) in [6.45, 7) is 3.86. The van der Waals surface area contributed by atoms with Gasteiger partial charge in [0.2, 0.25) is 0 Å². The molecule has 0 radical (unpaired) electrons. The Morgan fingerprint density at radius 2 is 2.00 bits per heavy atom. The molecule has 0 fully saturated rings. The second kappa shape index (κ2) is 6.25. The molecule has 2 aromatic carbocycles. The average Bonchev–Trinajstić information content (AvgIpc) is 2.38. The van der Waals surface area contributed by atoms with Crippen LogP contribution in [0.3, 0.4) is 0 Å². The molecule has 0 aliphatic carbocycles. The van der Waals surface area contributed by atoms with Gasteiger partial charge < -0.3 is 9.84 Å². The Morgan fingerprint density at radius 1 is 1.25 bits per heavy atom. The fourth-order valence-corrected chi connectivity index (χ4v) is 2.14. The molecule has 2 rings (SSSR count). The van der Waals surface area contributed by atoms with Crippen molar-refractivity contribution >= 4 is 11.6 Å². The Morgan fingerprint density at radius 3 is 2.65 bits per heavy atom. The van der Waals surface area contributed by atoms with Crippen molar-refractivity contribution < 1.29 is 14.2 Å². The summed E-state index contributed by atoms with van der Waals surface area (Å²) in [4.78, 5) is 0. The highest BCUT2D eigenvalue weighted by atomic mass is 35.5. The smallest absolute Gasteiger partial charge is 0.125 e. The Balaban J connectivity index is 2.18. The van der Waals surface area contributed by atoms with Crippen molar-refractivity contribution in [1.82, 2.24) is 0 Å². The van der Waals surface area contributed by atoms with E-state index < -0.39 is 6.10 Å². The van der Waals surface area contributed by atoms with Crippen molar-refractivity contribution in [1.29, 1.82) is 0 Å². The maximum absolute atomic E-state index is 13.0. The van der Waals surface area contributed by atoms with Gasteiger partial charge in [0, 0.05) is 11.1 Å². The van der Waals surface area contributed by atoms with Crippen LogP contribution in [0, 0.1) is 12.7 Å². The second-order valence-corrected chi connectivity index (χ2v) is 5.15. The van der Waals surface area contributed by atoms with E-state index in [0.29, 0.717) is 16.3 Å². The summed E-state index contributed by atoms with van der Waals surface area (Å²) < 4.78 is 18.7. The van der Waals surface area contributed by atoms with E-state index in [1.165, 1.54) is 12.1 Å². The maximum atomic E-state index is 13.0. The number of aliphatic hydroxyl groups is 1. The van der Waals surface area contributed by atoms with E-state index >= 15 is 0 Å². The minimum absolute atomic E-state index is 0.224. The van der Waals surface area contributed by atoms with Crippen LogP contribution in [0.25, 0.3) is 0 Å². The fraction of sp³-hybridized carbons (Fsp3) is 0.250. The van der Waals surface area contributed by atoms with Crippen LogP contribution in [-0.2, 0) is 6.61 Å². The third kappa shape index (κ3) is 3.50. The highest BCUT2D eigenvalue weighted by molar-refractivity contribution is 6.31. The molecule has 0 aromatic heterocycles. The summed E-state index contributed by atoms with van der Waals surface area (Å²) in [7, 11) is 0. The molecule has 0 saturated heterocycles. The van der Waals surface area contributed by atoms with Gasteiger partial charge >= 0.3 is 0 Å². The molecule has 106 valence electrons. The van der Waals surface area contributed by atoms with E-state index in [9.17, 15) is 9.50 Å². The molecule has 1 atom stereocenters. The van der Waals surface area contributed by atoms with Gasteiger partial charge in [0.1, 0.15) is 18.2 Å². The number of hydrogen-bond donors (Lipinski definition) is 1. The molecule has 1 N–H and O–H groups in total. The third-order valence-electron chi connectivity index (χ3n) is 3.01. The lowest BCUT2D eigenvalue weighted by atomic mass is 10.1. The predicted octanol–water partition coefficient (Wildman–Crippen LogP) is 4.42. The first-order chi connectivity index (χ1) is 9.47. The van der Waals surface area contributed by atoms with Crippen molar-refractivity contribution in [2.45, 2.75) is 26.6 Å². The Labute approximate surface area is 122 Å². The molecule has 0 bridgehead atoms. The summed E-state index contributed by atoms with van der Waals surface area (Å²) in [5, 5.41) is 10.1. The van der Waals surface area contributed by atoms with Crippen molar-refractivity contribution in [2.24, 2.45) is 0 Å².